The number of carbonyl (C=O) groups excluding carboxylic acids is 1. The van der Waals surface area contributed by atoms with E-state index in [0.717, 1.165) is 19.3 Å². The second-order valence-corrected chi connectivity index (χ2v) is 4.06. The lowest BCUT2D eigenvalue weighted by Crippen LogP contribution is -2.28. The van der Waals surface area contributed by atoms with Crippen molar-refractivity contribution in [3.63, 3.8) is 0 Å². The number of hydrogen-bond donors (Lipinski definition) is 3. The normalized spacial score (nSPS) is 27.5. The van der Waals surface area contributed by atoms with Crippen molar-refractivity contribution in [2.24, 2.45) is 5.92 Å². The van der Waals surface area contributed by atoms with Gasteiger partial charge in [0.1, 0.15) is 0 Å². The van der Waals surface area contributed by atoms with E-state index in [1.165, 1.54) is 0 Å². The molecule has 2 N–H and O–H groups in total. The third-order valence-electron chi connectivity index (χ3n) is 2.44. The summed E-state index contributed by atoms with van der Waals surface area (Å²) in [5.41, 5.74) is 0. The molecular weight excluding hydrogens is 186 g/mol. The van der Waals surface area contributed by atoms with Gasteiger partial charge in [-0.05, 0) is 30.9 Å². The third-order valence-corrected chi connectivity index (χ3v) is 2.66. The summed E-state index contributed by atoms with van der Waals surface area (Å²) in [4.78, 5) is 11.1. The summed E-state index contributed by atoms with van der Waals surface area (Å²) in [6.45, 7) is 0.712. The fraction of sp³-hybridized carbons (Fsp3) is 0.889. The largest absolute Gasteiger partial charge is 0.393 e. The Morgan fingerprint density at radius 3 is 2.85 bits per heavy atom. The van der Waals surface area contributed by atoms with Crippen LogP contribution in [0.15, 0.2) is 0 Å². The first kappa shape index (κ1) is 10.9. The highest BCUT2D eigenvalue weighted by Gasteiger charge is 2.22. The molecule has 0 aromatic rings. The van der Waals surface area contributed by atoms with Crippen LogP contribution in [0.2, 0.25) is 0 Å². The molecule has 0 heterocycles. The molecular formula is C9H17NO2S. The van der Waals surface area contributed by atoms with Crippen LogP contribution in [-0.4, -0.2) is 29.4 Å². The summed E-state index contributed by atoms with van der Waals surface area (Å²) in [5.74, 6) is 1.13. The molecule has 0 aliphatic heterocycles. The molecule has 2 atom stereocenters. The zero-order valence-corrected chi connectivity index (χ0v) is 8.59. The van der Waals surface area contributed by atoms with Gasteiger partial charge in [0.05, 0.1) is 6.10 Å². The van der Waals surface area contributed by atoms with Gasteiger partial charge in [-0.15, -0.1) is 0 Å². The van der Waals surface area contributed by atoms with Crippen molar-refractivity contribution in [2.75, 3.05) is 12.3 Å². The van der Waals surface area contributed by atoms with Gasteiger partial charge in [0, 0.05) is 13.0 Å². The first-order chi connectivity index (χ1) is 6.22. The number of nitrogens with one attached hydrogen (secondary N) is 1. The van der Waals surface area contributed by atoms with Crippen LogP contribution in [-0.2, 0) is 4.79 Å². The summed E-state index contributed by atoms with van der Waals surface area (Å²) in [5, 5.41) is 12.1. The summed E-state index contributed by atoms with van der Waals surface area (Å²) in [6, 6.07) is 0. The van der Waals surface area contributed by atoms with E-state index in [4.69, 9.17) is 0 Å². The highest BCUT2D eigenvalue weighted by atomic mass is 32.1. The van der Waals surface area contributed by atoms with Crippen LogP contribution in [0.3, 0.4) is 0 Å². The molecule has 0 radical (unpaired) electrons. The standard InChI is InChI=1S/C9H17NO2S/c11-8-2-1-7(5-8)6-10-9(12)3-4-13/h7-8,11,13H,1-6H2,(H,10,12). The molecule has 2 unspecified atom stereocenters. The summed E-state index contributed by atoms with van der Waals surface area (Å²) in [6.07, 6.45) is 3.08. The van der Waals surface area contributed by atoms with Crippen molar-refractivity contribution in [1.29, 1.82) is 0 Å². The Kier molecular flexibility index (Phi) is 4.59. The van der Waals surface area contributed by atoms with Gasteiger partial charge in [0.15, 0.2) is 0 Å². The number of aliphatic hydroxyl groups is 1. The van der Waals surface area contributed by atoms with E-state index in [-0.39, 0.29) is 12.0 Å². The summed E-state index contributed by atoms with van der Waals surface area (Å²) < 4.78 is 0. The van der Waals surface area contributed by atoms with Crippen LogP contribution < -0.4 is 5.32 Å². The molecule has 1 saturated carbocycles. The molecule has 4 heteroatoms. The van der Waals surface area contributed by atoms with E-state index in [9.17, 15) is 9.90 Å². The third kappa shape index (κ3) is 4.00. The maximum atomic E-state index is 11.1. The number of amides is 1. The van der Waals surface area contributed by atoms with Gasteiger partial charge in [0.2, 0.25) is 5.91 Å². The SMILES string of the molecule is O=C(CCS)NCC1CCC(O)C1. The van der Waals surface area contributed by atoms with Gasteiger partial charge in [0.25, 0.3) is 0 Å². The van der Waals surface area contributed by atoms with Crippen molar-refractivity contribution >= 4 is 18.5 Å². The van der Waals surface area contributed by atoms with Crippen LogP contribution in [0.5, 0.6) is 0 Å². The van der Waals surface area contributed by atoms with Gasteiger partial charge >= 0.3 is 0 Å². The number of carbonyl (C=O) groups is 1. The monoisotopic (exact) mass is 203 g/mol. The fourth-order valence-electron chi connectivity index (χ4n) is 1.68. The van der Waals surface area contributed by atoms with Crippen molar-refractivity contribution in [2.45, 2.75) is 31.8 Å². The molecule has 13 heavy (non-hydrogen) atoms. The van der Waals surface area contributed by atoms with E-state index in [1.807, 2.05) is 0 Å². The summed E-state index contributed by atoms with van der Waals surface area (Å²) in [7, 11) is 0. The smallest absolute Gasteiger partial charge is 0.220 e. The van der Waals surface area contributed by atoms with Gasteiger partial charge in [-0.3, -0.25) is 4.79 Å². The van der Waals surface area contributed by atoms with Gasteiger partial charge in [-0.25, -0.2) is 0 Å². The second-order valence-electron chi connectivity index (χ2n) is 3.61. The lowest BCUT2D eigenvalue weighted by molar-refractivity contribution is -0.120. The topological polar surface area (TPSA) is 49.3 Å². The molecule has 76 valence electrons. The molecule has 1 aliphatic rings. The second kappa shape index (κ2) is 5.50. The van der Waals surface area contributed by atoms with Crippen LogP contribution in [0.4, 0.5) is 0 Å². The minimum absolute atomic E-state index is 0.0661. The molecule has 0 bridgehead atoms. The average molecular weight is 203 g/mol. The minimum atomic E-state index is -0.146. The molecule has 0 spiro atoms. The Balaban J connectivity index is 2.09. The maximum absolute atomic E-state index is 11.1. The van der Waals surface area contributed by atoms with Crippen LogP contribution in [0.25, 0.3) is 0 Å². The van der Waals surface area contributed by atoms with E-state index >= 15 is 0 Å². The van der Waals surface area contributed by atoms with E-state index in [1.54, 1.807) is 0 Å². The van der Waals surface area contributed by atoms with E-state index in [0.29, 0.717) is 24.6 Å². The fourth-order valence-corrected chi connectivity index (χ4v) is 1.89. The molecule has 1 rings (SSSR count). The Hall–Kier alpha value is -0.220. The predicted molar refractivity (Wildman–Crippen MR) is 54.8 cm³/mol. The Morgan fingerprint density at radius 1 is 1.54 bits per heavy atom. The number of hydrogen-bond acceptors (Lipinski definition) is 3. The lowest BCUT2D eigenvalue weighted by Gasteiger charge is -2.09. The first-order valence-electron chi connectivity index (χ1n) is 4.78. The van der Waals surface area contributed by atoms with E-state index < -0.39 is 0 Å². The highest BCUT2D eigenvalue weighted by molar-refractivity contribution is 7.80. The molecule has 3 nitrogen and oxygen atoms in total. The molecule has 1 aliphatic carbocycles. The minimum Gasteiger partial charge on any atom is -0.393 e. The zero-order chi connectivity index (χ0) is 9.68. The number of aliphatic hydroxyl groups excluding tert-OH is 1. The molecule has 0 aromatic carbocycles. The molecule has 0 saturated heterocycles. The van der Waals surface area contributed by atoms with Crippen molar-refractivity contribution in [3.8, 4) is 0 Å². The van der Waals surface area contributed by atoms with Crippen LogP contribution >= 0.6 is 12.6 Å². The molecule has 0 aromatic heterocycles. The Morgan fingerprint density at radius 2 is 2.31 bits per heavy atom. The van der Waals surface area contributed by atoms with Crippen LogP contribution in [0, 0.1) is 5.92 Å². The molecule has 1 amide bonds. The average Bonchev–Trinajstić information content (AvgIpc) is 2.49. The Labute approximate surface area is 84.3 Å². The van der Waals surface area contributed by atoms with Crippen LogP contribution in [0.1, 0.15) is 25.7 Å². The number of rotatable bonds is 4. The quantitative estimate of drug-likeness (QED) is 0.586. The van der Waals surface area contributed by atoms with Gasteiger partial charge < -0.3 is 10.4 Å². The van der Waals surface area contributed by atoms with Gasteiger partial charge in [-0.1, -0.05) is 0 Å². The first-order valence-corrected chi connectivity index (χ1v) is 5.41. The number of thiol groups is 1. The zero-order valence-electron chi connectivity index (χ0n) is 7.70. The predicted octanol–water partition coefficient (Wildman–Crippen LogP) is 0.583. The summed E-state index contributed by atoms with van der Waals surface area (Å²) >= 11 is 3.98. The van der Waals surface area contributed by atoms with Gasteiger partial charge in [-0.2, -0.15) is 12.6 Å². The van der Waals surface area contributed by atoms with Crippen molar-refractivity contribution < 1.29 is 9.90 Å². The maximum Gasteiger partial charge on any atom is 0.220 e. The van der Waals surface area contributed by atoms with Crippen molar-refractivity contribution in [3.05, 3.63) is 0 Å². The Bertz CT molecular complexity index is 175. The van der Waals surface area contributed by atoms with E-state index in [2.05, 4.69) is 17.9 Å². The lowest BCUT2D eigenvalue weighted by atomic mass is 10.1. The highest BCUT2D eigenvalue weighted by Crippen LogP contribution is 2.24. The molecule has 1 fully saturated rings. The van der Waals surface area contributed by atoms with Crippen molar-refractivity contribution in [1.82, 2.24) is 5.32 Å².